The lowest BCUT2D eigenvalue weighted by Gasteiger charge is -2.07. The monoisotopic (exact) mass is 201 g/mol. The number of aromatic nitrogens is 3. The van der Waals surface area contributed by atoms with E-state index in [1.165, 1.54) is 16.7 Å². The minimum atomic E-state index is 0.899. The van der Waals surface area contributed by atoms with Gasteiger partial charge in [0.1, 0.15) is 6.33 Å². The van der Waals surface area contributed by atoms with Crippen molar-refractivity contribution in [1.82, 2.24) is 14.8 Å². The molecular weight excluding hydrogens is 186 g/mol. The number of benzene rings is 1. The molecule has 1 aromatic carbocycles. The van der Waals surface area contributed by atoms with Gasteiger partial charge >= 0.3 is 0 Å². The average Bonchev–Trinajstić information content (AvgIpc) is 2.69. The molecule has 15 heavy (non-hydrogen) atoms. The van der Waals surface area contributed by atoms with Crippen LogP contribution in [0.25, 0.3) is 11.4 Å². The standard InChI is InChI=1S/C12H15N3/c1-4-15-8-13-14-12(15)11-7-9(2)5-6-10(11)3/h5-8H,4H2,1-3H3. The van der Waals surface area contributed by atoms with Crippen molar-refractivity contribution in [2.24, 2.45) is 0 Å². The number of aryl methyl sites for hydroxylation is 3. The van der Waals surface area contributed by atoms with Crippen molar-refractivity contribution in [2.75, 3.05) is 0 Å². The van der Waals surface area contributed by atoms with Crippen LogP contribution in [-0.4, -0.2) is 14.8 Å². The first-order valence-electron chi connectivity index (χ1n) is 5.17. The zero-order chi connectivity index (χ0) is 10.8. The Kier molecular flexibility index (Phi) is 2.54. The van der Waals surface area contributed by atoms with Gasteiger partial charge in [-0.1, -0.05) is 17.7 Å². The van der Waals surface area contributed by atoms with Crippen LogP contribution in [0, 0.1) is 13.8 Å². The predicted molar refractivity (Wildman–Crippen MR) is 60.6 cm³/mol. The maximum Gasteiger partial charge on any atom is 0.164 e. The molecule has 2 aromatic rings. The van der Waals surface area contributed by atoms with Crippen molar-refractivity contribution in [3.63, 3.8) is 0 Å². The summed E-state index contributed by atoms with van der Waals surface area (Å²) >= 11 is 0. The number of rotatable bonds is 2. The summed E-state index contributed by atoms with van der Waals surface area (Å²) < 4.78 is 2.06. The van der Waals surface area contributed by atoms with E-state index in [0.29, 0.717) is 0 Å². The fourth-order valence-corrected chi connectivity index (χ4v) is 1.67. The van der Waals surface area contributed by atoms with Gasteiger partial charge < -0.3 is 4.57 Å². The van der Waals surface area contributed by atoms with Gasteiger partial charge in [0.15, 0.2) is 5.82 Å². The minimum Gasteiger partial charge on any atom is -0.314 e. The molecule has 0 spiro atoms. The third kappa shape index (κ3) is 1.77. The van der Waals surface area contributed by atoms with Crippen molar-refractivity contribution in [3.05, 3.63) is 35.7 Å². The van der Waals surface area contributed by atoms with Crippen LogP contribution in [0.4, 0.5) is 0 Å². The van der Waals surface area contributed by atoms with Gasteiger partial charge in [-0.05, 0) is 32.4 Å². The quantitative estimate of drug-likeness (QED) is 0.747. The highest BCUT2D eigenvalue weighted by atomic mass is 15.3. The van der Waals surface area contributed by atoms with Crippen molar-refractivity contribution in [2.45, 2.75) is 27.3 Å². The molecule has 0 saturated heterocycles. The minimum absolute atomic E-state index is 0.899. The highest BCUT2D eigenvalue weighted by molar-refractivity contribution is 5.61. The Bertz CT molecular complexity index is 471. The van der Waals surface area contributed by atoms with Gasteiger partial charge in [0.25, 0.3) is 0 Å². The maximum absolute atomic E-state index is 4.17. The van der Waals surface area contributed by atoms with Gasteiger partial charge in [0.2, 0.25) is 0 Å². The molecule has 0 bridgehead atoms. The number of hydrogen-bond donors (Lipinski definition) is 0. The van der Waals surface area contributed by atoms with Gasteiger partial charge in [-0.3, -0.25) is 0 Å². The molecule has 3 nitrogen and oxygen atoms in total. The highest BCUT2D eigenvalue weighted by Crippen LogP contribution is 2.22. The Morgan fingerprint density at radius 3 is 2.80 bits per heavy atom. The summed E-state index contributed by atoms with van der Waals surface area (Å²) in [7, 11) is 0. The Balaban J connectivity index is 2.58. The van der Waals surface area contributed by atoms with Crippen LogP contribution in [0.2, 0.25) is 0 Å². The highest BCUT2D eigenvalue weighted by Gasteiger charge is 2.08. The van der Waals surface area contributed by atoms with E-state index < -0.39 is 0 Å². The van der Waals surface area contributed by atoms with E-state index in [9.17, 15) is 0 Å². The average molecular weight is 201 g/mol. The van der Waals surface area contributed by atoms with E-state index in [-0.39, 0.29) is 0 Å². The summed E-state index contributed by atoms with van der Waals surface area (Å²) in [5.74, 6) is 0.957. The number of hydrogen-bond acceptors (Lipinski definition) is 2. The van der Waals surface area contributed by atoms with E-state index in [4.69, 9.17) is 0 Å². The van der Waals surface area contributed by atoms with Gasteiger partial charge in [0, 0.05) is 12.1 Å². The molecule has 0 fully saturated rings. The molecule has 0 N–H and O–H groups in total. The van der Waals surface area contributed by atoms with E-state index in [0.717, 1.165) is 12.4 Å². The third-order valence-corrected chi connectivity index (χ3v) is 2.59. The molecule has 0 unspecified atom stereocenters. The summed E-state index contributed by atoms with van der Waals surface area (Å²) in [4.78, 5) is 0. The van der Waals surface area contributed by atoms with Gasteiger partial charge in [0.05, 0.1) is 0 Å². The Hall–Kier alpha value is -1.64. The molecule has 0 aliphatic heterocycles. The lowest BCUT2D eigenvalue weighted by Crippen LogP contribution is -1.97. The van der Waals surface area contributed by atoms with Gasteiger partial charge in [-0.15, -0.1) is 10.2 Å². The summed E-state index contributed by atoms with van der Waals surface area (Å²) in [6, 6.07) is 6.40. The largest absolute Gasteiger partial charge is 0.314 e. The first-order chi connectivity index (χ1) is 7.22. The summed E-state index contributed by atoms with van der Waals surface area (Å²) in [5.41, 5.74) is 3.67. The smallest absolute Gasteiger partial charge is 0.164 e. The van der Waals surface area contributed by atoms with Crippen LogP contribution < -0.4 is 0 Å². The van der Waals surface area contributed by atoms with Crippen LogP contribution >= 0.6 is 0 Å². The zero-order valence-corrected chi connectivity index (χ0v) is 9.36. The molecule has 78 valence electrons. The molecule has 0 aliphatic carbocycles. The van der Waals surface area contributed by atoms with E-state index >= 15 is 0 Å². The van der Waals surface area contributed by atoms with Crippen LogP contribution in [-0.2, 0) is 6.54 Å². The van der Waals surface area contributed by atoms with E-state index in [2.05, 4.69) is 53.7 Å². The van der Waals surface area contributed by atoms with Crippen molar-refractivity contribution in [3.8, 4) is 11.4 Å². The molecule has 0 radical (unpaired) electrons. The van der Waals surface area contributed by atoms with Crippen molar-refractivity contribution < 1.29 is 0 Å². The van der Waals surface area contributed by atoms with Gasteiger partial charge in [-0.2, -0.15) is 0 Å². The fraction of sp³-hybridized carbons (Fsp3) is 0.333. The Morgan fingerprint density at radius 1 is 1.27 bits per heavy atom. The summed E-state index contributed by atoms with van der Waals surface area (Å²) in [6.45, 7) is 7.19. The molecule has 3 heteroatoms. The van der Waals surface area contributed by atoms with Crippen LogP contribution in [0.1, 0.15) is 18.1 Å². The third-order valence-electron chi connectivity index (χ3n) is 2.59. The van der Waals surface area contributed by atoms with Gasteiger partial charge in [-0.25, -0.2) is 0 Å². The molecule has 0 atom stereocenters. The Morgan fingerprint density at radius 2 is 2.07 bits per heavy atom. The molecule has 0 aliphatic rings. The Labute approximate surface area is 89.8 Å². The molecule has 1 heterocycles. The lowest BCUT2D eigenvalue weighted by molar-refractivity contribution is 0.766. The SMILES string of the molecule is CCn1cnnc1-c1cc(C)ccc1C. The molecule has 0 saturated carbocycles. The first kappa shape index (κ1) is 9.90. The molecule has 1 aromatic heterocycles. The summed E-state index contributed by atoms with van der Waals surface area (Å²) in [6.07, 6.45) is 1.77. The van der Waals surface area contributed by atoms with Crippen molar-refractivity contribution >= 4 is 0 Å². The lowest BCUT2D eigenvalue weighted by atomic mass is 10.1. The second-order valence-corrected chi connectivity index (χ2v) is 3.76. The fourth-order valence-electron chi connectivity index (χ4n) is 1.67. The normalized spacial score (nSPS) is 10.6. The first-order valence-corrected chi connectivity index (χ1v) is 5.17. The second kappa shape index (κ2) is 3.85. The predicted octanol–water partition coefficient (Wildman–Crippen LogP) is 2.58. The van der Waals surface area contributed by atoms with Crippen LogP contribution in [0.3, 0.4) is 0 Å². The zero-order valence-electron chi connectivity index (χ0n) is 9.36. The number of nitrogens with zero attached hydrogens (tertiary/aromatic N) is 3. The van der Waals surface area contributed by atoms with Crippen LogP contribution in [0.15, 0.2) is 24.5 Å². The topological polar surface area (TPSA) is 30.7 Å². The second-order valence-electron chi connectivity index (χ2n) is 3.76. The molecule has 0 amide bonds. The maximum atomic E-state index is 4.17. The summed E-state index contributed by atoms with van der Waals surface area (Å²) in [5, 5.41) is 8.13. The van der Waals surface area contributed by atoms with E-state index in [1.54, 1.807) is 6.33 Å². The molecule has 2 rings (SSSR count). The molecular formula is C12H15N3. The van der Waals surface area contributed by atoms with Crippen molar-refractivity contribution in [1.29, 1.82) is 0 Å². The van der Waals surface area contributed by atoms with Crippen LogP contribution in [0.5, 0.6) is 0 Å². The van der Waals surface area contributed by atoms with E-state index in [1.807, 2.05) is 0 Å².